The number of carbonyl (C=O) groups excluding carboxylic acids is 1. The lowest BCUT2D eigenvalue weighted by molar-refractivity contribution is 0.103. The van der Waals surface area contributed by atoms with E-state index in [1.165, 1.54) is 18.2 Å². The normalized spacial score (nSPS) is 15.2. The van der Waals surface area contributed by atoms with Crippen molar-refractivity contribution in [3.63, 3.8) is 0 Å². The molecule has 0 atom stereocenters. The maximum absolute atomic E-state index is 13.0. The van der Waals surface area contributed by atoms with Crippen molar-refractivity contribution in [3.8, 4) is 0 Å². The zero-order chi connectivity index (χ0) is 10.8. The monoisotopic (exact) mass is 268 g/mol. The number of benzene rings is 1. The maximum Gasteiger partial charge on any atom is 0.188 e. The first kappa shape index (κ1) is 10.6. The molecule has 0 heterocycles. The van der Waals surface area contributed by atoms with E-state index in [2.05, 4.69) is 15.9 Å². The highest BCUT2D eigenvalue weighted by Gasteiger charge is 2.16. The molecule has 0 aliphatic heterocycles. The van der Waals surface area contributed by atoms with Gasteiger partial charge in [-0.15, -0.1) is 0 Å². The molecule has 2 rings (SSSR count). The minimum atomic E-state index is -0.341. The second kappa shape index (κ2) is 4.27. The van der Waals surface area contributed by atoms with Crippen LogP contribution in [0.4, 0.5) is 4.39 Å². The summed E-state index contributed by atoms with van der Waals surface area (Å²) in [6, 6.07) is 4.38. The standard InChI is InChI=1S/C12H10BrFO/c13-10-7-9(5-6-11(10)14)12(15)8-3-1-2-4-8/h3,5-7H,1-2,4H2. The molecule has 0 unspecified atom stereocenters. The molecule has 0 radical (unpaired) electrons. The summed E-state index contributed by atoms with van der Waals surface area (Å²) >= 11 is 3.08. The third-order valence-electron chi connectivity index (χ3n) is 2.51. The van der Waals surface area contributed by atoms with E-state index in [4.69, 9.17) is 0 Å². The molecular formula is C12H10BrFO. The summed E-state index contributed by atoms with van der Waals surface area (Å²) in [6.45, 7) is 0. The molecule has 0 saturated carbocycles. The minimum Gasteiger partial charge on any atom is -0.289 e. The Balaban J connectivity index is 2.29. The van der Waals surface area contributed by atoms with Crippen LogP contribution in [0.15, 0.2) is 34.3 Å². The van der Waals surface area contributed by atoms with Crippen molar-refractivity contribution in [2.45, 2.75) is 19.3 Å². The lowest BCUT2D eigenvalue weighted by Crippen LogP contribution is -2.01. The minimum absolute atomic E-state index is 0.0215. The van der Waals surface area contributed by atoms with Crippen LogP contribution >= 0.6 is 15.9 Å². The van der Waals surface area contributed by atoms with E-state index in [0.29, 0.717) is 10.0 Å². The van der Waals surface area contributed by atoms with Gasteiger partial charge in [-0.1, -0.05) is 6.08 Å². The molecule has 0 bridgehead atoms. The number of hydrogen-bond donors (Lipinski definition) is 0. The van der Waals surface area contributed by atoms with Crippen LogP contribution in [0.2, 0.25) is 0 Å². The number of allylic oxidation sites excluding steroid dienone is 2. The fourth-order valence-corrected chi connectivity index (χ4v) is 2.08. The molecule has 1 nitrogen and oxygen atoms in total. The number of hydrogen-bond acceptors (Lipinski definition) is 1. The van der Waals surface area contributed by atoms with Crippen molar-refractivity contribution >= 4 is 21.7 Å². The van der Waals surface area contributed by atoms with E-state index in [1.54, 1.807) is 0 Å². The molecule has 0 fully saturated rings. The Morgan fingerprint density at radius 3 is 2.80 bits per heavy atom. The Hall–Kier alpha value is -0.960. The van der Waals surface area contributed by atoms with Gasteiger partial charge in [0.25, 0.3) is 0 Å². The van der Waals surface area contributed by atoms with Gasteiger partial charge in [0.15, 0.2) is 5.78 Å². The van der Waals surface area contributed by atoms with E-state index in [0.717, 1.165) is 24.8 Å². The first-order valence-electron chi connectivity index (χ1n) is 4.87. The van der Waals surface area contributed by atoms with Crippen molar-refractivity contribution < 1.29 is 9.18 Å². The number of halogens is 2. The molecule has 0 aromatic heterocycles. The third kappa shape index (κ3) is 2.17. The Bertz CT molecular complexity index is 437. The smallest absolute Gasteiger partial charge is 0.188 e. The van der Waals surface area contributed by atoms with Crippen LogP contribution in [0.3, 0.4) is 0 Å². The van der Waals surface area contributed by atoms with Gasteiger partial charge in [-0.3, -0.25) is 4.79 Å². The lowest BCUT2D eigenvalue weighted by atomic mass is 10.0. The molecule has 1 aliphatic carbocycles. The van der Waals surface area contributed by atoms with Gasteiger partial charge in [0.1, 0.15) is 5.82 Å². The van der Waals surface area contributed by atoms with Crippen LogP contribution in [0.1, 0.15) is 29.6 Å². The van der Waals surface area contributed by atoms with Gasteiger partial charge in [-0.05, 0) is 59.0 Å². The fourth-order valence-electron chi connectivity index (χ4n) is 1.70. The average molecular weight is 269 g/mol. The van der Waals surface area contributed by atoms with Gasteiger partial charge in [-0.2, -0.15) is 0 Å². The molecule has 1 aromatic rings. The number of Topliss-reactive ketones (excluding diaryl/α,β-unsaturated/α-hetero) is 1. The number of carbonyl (C=O) groups is 1. The molecule has 15 heavy (non-hydrogen) atoms. The summed E-state index contributed by atoms with van der Waals surface area (Å²) in [7, 11) is 0. The van der Waals surface area contributed by atoms with Gasteiger partial charge in [0.05, 0.1) is 4.47 Å². The molecule has 0 amide bonds. The molecule has 0 saturated heterocycles. The van der Waals surface area contributed by atoms with Gasteiger partial charge >= 0.3 is 0 Å². The van der Waals surface area contributed by atoms with E-state index in [-0.39, 0.29) is 11.6 Å². The highest BCUT2D eigenvalue weighted by atomic mass is 79.9. The zero-order valence-corrected chi connectivity index (χ0v) is 9.68. The van der Waals surface area contributed by atoms with E-state index in [1.807, 2.05) is 6.08 Å². The van der Waals surface area contributed by atoms with Crippen LogP contribution < -0.4 is 0 Å². The molecule has 3 heteroatoms. The summed E-state index contributed by atoms with van der Waals surface area (Å²) < 4.78 is 13.3. The third-order valence-corrected chi connectivity index (χ3v) is 3.12. The number of ketones is 1. The summed E-state index contributed by atoms with van der Waals surface area (Å²) in [5.74, 6) is -0.319. The van der Waals surface area contributed by atoms with Crippen LogP contribution in [-0.4, -0.2) is 5.78 Å². The first-order chi connectivity index (χ1) is 7.18. The topological polar surface area (TPSA) is 17.1 Å². The average Bonchev–Trinajstić information content (AvgIpc) is 2.74. The largest absolute Gasteiger partial charge is 0.289 e. The predicted molar refractivity (Wildman–Crippen MR) is 60.4 cm³/mol. The van der Waals surface area contributed by atoms with Crippen LogP contribution in [-0.2, 0) is 0 Å². The second-order valence-corrected chi connectivity index (χ2v) is 4.43. The quantitative estimate of drug-likeness (QED) is 0.744. The fraction of sp³-hybridized carbons (Fsp3) is 0.250. The van der Waals surface area contributed by atoms with Crippen LogP contribution in [0.25, 0.3) is 0 Å². The van der Waals surface area contributed by atoms with Gasteiger partial charge in [-0.25, -0.2) is 4.39 Å². The molecule has 78 valence electrons. The summed E-state index contributed by atoms with van der Waals surface area (Å²) in [5, 5.41) is 0. The highest BCUT2D eigenvalue weighted by molar-refractivity contribution is 9.10. The Labute approximate surface area is 96.1 Å². The first-order valence-corrected chi connectivity index (χ1v) is 5.66. The SMILES string of the molecule is O=C(C1=CCCC1)c1ccc(F)c(Br)c1. The Kier molecular flexibility index (Phi) is 3.00. The summed E-state index contributed by atoms with van der Waals surface area (Å²) in [5.41, 5.74) is 1.41. The molecular weight excluding hydrogens is 259 g/mol. The molecule has 1 aromatic carbocycles. The van der Waals surface area contributed by atoms with Gasteiger partial charge in [0.2, 0.25) is 0 Å². The van der Waals surface area contributed by atoms with Gasteiger partial charge in [0, 0.05) is 5.56 Å². The van der Waals surface area contributed by atoms with Crippen molar-refractivity contribution in [1.29, 1.82) is 0 Å². The Morgan fingerprint density at radius 1 is 1.40 bits per heavy atom. The predicted octanol–water partition coefficient (Wildman–Crippen LogP) is 3.88. The second-order valence-electron chi connectivity index (χ2n) is 3.58. The maximum atomic E-state index is 13.0. The highest BCUT2D eigenvalue weighted by Crippen LogP contribution is 2.24. The van der Waals surface area contributed by atoms with Gasteiger partial charge < -0.3 is 0 Å². The molecule has 0 spiro atoms. The van der Waals surface area contributed by atoms with Crippen molar-refractivity contribution in [2.24, 2.45) is 0 Å². The van der Waals surface area contributed by atoms with Crippen molar-refractivity contribution in [2.75, 3.05) is 0 Å². The number of rotatable bonds is 2. The van der Waals surface area contributed by atoms with Crippen LogP contribution in [0.5, 0.6) is 0 Å². The van der Waals surface area contributed by atoms with E-state index in [9.17, 15) is 9.18 Å². The zero-order valence-electron chi connectivity index (χ0n) is 8.09. The van der Waals surface area contributed by atoms with Crippen LogP contribution in [0, 0.1) is 5.82 Å². The van der Waals surface area contributed by atoms with Crippen molar-refractivity contribution in [3.05, 3.63) is 45.7 Å². The Morgan fingerprint density at radius 2 is 2.20 bits per heavy atom. The molecule has 1 aliphatic rings. The molecule has 0 N–H and O–H groups in total. The van der Waals surface area contributed by atoms with E-state index < -0.39 is 0 Å². The summed E-state index contributed by atoms with van der Waals surface area (Å²) in [6.07, 6.45) is 4.83. The lowest BCUT2D eigenvalue weighted by Gasteiger charge is -2.02. The van der Waals surface area contributed by atoms with E-state index >= 15 is 0 Å². The summed E-state index contributed by atoms with van der Waals surface area (Å²) in [4.78, 5) is 11.9. The van der Waals surface area contributed by atoms with Crippen molar-refractivity contribution in [1.82, 2.24) is 0 Å².